The summed E-state index contributed by atoms with van der Waals surface area (Å²) < 4.78 is 1.75. The molecule has 1 aliphatic carbocycles. The lowest BCUT2D eigenvalue weighted by molar-refractivity contribution is 0.329. The van der Waals surface area contributed by atoms with Crippen LogP contribution in [0.5, 0.6) is 0 Å². The Kier molecular flexibility index (Phi) is 5.46. The lowest BCUT2D eigenvalue weighted by atomic mass is 9.87. The number of rotatable bonds is 4. The van der Waals surface area contributed by atoms with E-state index in [2.05, 4.69) is 44.8 Å². The Morgan fingerprint density at radius 2 is 1.96 bits per heavy atom. The van der Waals surface area contributed by atoms with Gasteiger partial charge in [0.25, 0.3) is 0 Å². The average Bonchev–Trinajstić information content (AvgIpc) is 3.15. The minimum Gasteiger partial charge on any atom is -0.354 e. The van der Waals surface area contributed by atoms with E-state index in [1.165, 1.54) is 37.6 Å². The summed E-state index contributed by atoms with van der Waals surface area (Å²) in [6, 6.07) is 8.83. The number of benzene rings is 1. The molecule has 2 aromatic rings. The van der Waals surface area contributed by atoms with Gasteiger partial charge in [-0.15, -0.1) is 0 Å². The highest BCUT2D eigenvalue weighted by Crippen LogP contribution is 2.23. The van der Waals surface area contributed by atoms with Gasteiger partial charge >= 0.3 is 0 Å². The molecular weight excluding hydrogens is 300 g/mol. The van der Waals surface area contributed by atoms with Crippen LogP contribution in [0.2, 0.25) is 0 Å². The third-order valence-corrected chi connectivity index (χ3v) is 4.66. The van der Waals surface area contributed by atoms with Crippen LogP contribution in [0.1, 0.15) is 38.2 Å². The van der Waals surface area contributed by atoms with Crippen LogP contribution in [0.25, 0.3) is 5.69 Å². The average molecular weight is 326 g/mol. The van der Waals surface area contributed by atoms with Crippen LogP contribution in [0.15, 0.2) is 41.9 Å². The summed E-state index contributed by atoms with van der Waals surface area (Å²) in [5.41, 5.74) is 2.22. The van der Waals surface area contributed by atoms with Crippen molar-refractivity contribution >= 4 is 5.96 Å². The smallest absolute Gasteiger partial charge is 0.191 e. The molecule has 0 bridgehead atoms. The number of nitrogens with zero attached hydrogens (tertiary/aromatic N) is 4. The minimum absolute atomic E-state index is 0.544. The van der Waals surface area contributed by atoms with Crippen molar-refractivity contribution in [3.63, 3.8) is 0 Å². The van der Waals surface area contributed by atoms with Crippen LogP contribution < -0.4 is 10.6 Å². The van der Waals surface area contributed by atoms with E-state index in [1.54, 1.807) is 11.0 Å². The summed E-state index contributed by atoms with van der Waals surface area (Å²) in [6.07, 6.45) is 8.31. The lowest BCUT2D eigenvalue weighted by Crippen LogP contribution is -2.44. The summed E-state index contributed by atoms with van der Waals surface area (Å²) in [4.78, 5) is 8.31. The van der Waals surface area contributed by atoms with Crippen LogP contribution in [-0.2, 0) is 6.54 Å². The molecule has 6 nitrogen and oxygen atoms in total. The first-order chi connectivity index (χ1) is 11.7. The molecular formula is C18H26N6. The van der Waals surface area contributed by atoms with E-state index in [4.69, 9.17) is 0 Å². The van der Waals surface area contributed by atoms with Crippen LogP contribution >= 0.6 is 0 Å². The maximum Gasteiger partial charge on any atom is 0.191 e. The Balaban J connectivity index is 1.50. The number of hydrogen-bond donors (Lipinski definition) is 2. The van der Waals surface area contributed by atoms with E-state index in [0.717, 1.165) is 24.1 Å². The van der Waals surface area contributed by atoms with Crippen LogP contribution in [0.4, 0.5) is 0 Å². The summed E-state index contributed by atoms with van der Waals surface area (Å²) in [5.74, 6) is 1.75. The van der Waals surface area contributed by atoms with E-state index in [0.29, 0.717) is 6.04 Å². The predicted molar refractivity (Wildman–Crippen MR) is 96.1 cm³/mol. The summed E-state index contributed by atoms with van der Waals surface area (Å²) in [5, 5.41) is 11.1. The maximum atomic E-state index is 4.35. The quantitative estimate of drug-likeness (QED) is 0.669. The summed E-state index contributed by atoms with van der Waals surface area (Å²) in [6.45, 7) is 3.09. The Bertz CT molecular complexity index is 639. The monoisotopic (exact) mass is 326 g/mol. The van der Waals surface area contributed by atoms with Crippen LogP contribution in [-0.4, -0.2) is 33.8 Å². The van der Waals surface area contributed by atoms with E-state index in [1.807, 2.05) is 19.2 Å². The molecule has 1 saturated carbocycles. The highest BCUT2D eigenvalue weighted by atomic mass is 15.3. The molecule has 1 aromatic heterocycles. The van der Waals surface area contributed by atoms with Gasteiger partial charge < -0.3 is 10.6 Å². The molecule has 6 heteroatoms. The van der Waals surface area contributed by atoms with Crippen molar-refractivity contribution in [3.8, 4) is 5.69 Å². The van der Waals surface area contributed by atoms with Gasteiger partial charge in [0.1, 0.15) is 12.7 Å². The fourth-order valence-corrected chi connectivity index (χ4v) is 3.09. The SMILES string of the molecule is CN=C(NCc1ccc(-n2cncn2)cc1)NC1CCC(C)CC1. The molecule has 128 valence electrons. The van der Waals surface area contributed by atoms with Crippen LogP contribution in [0, 0.1) is 5.92 Å². The van der Waals surface area contributed by atoms with Crippen molar-refractivity contribution in [3.05, 3.63) is 42.5 Å². The molecule has 2 N–H and O–H groups in total. The zero-order valence-corrected chi connectivity index (χ0v) is 14.4. The molecule has 1 fully saturated rings. The Hall–Kier alpha value is -2.37. The summed E-state index contributed by atoms with van der Waals surface area (Å²) in [7, 11) is 1.83. The Morgan fingerprint density at radius 1 is 1.21 bits per heavy atom. The van der Waals surface area contributed by atoms with Gasteiger partial charge in [0, 0.05) is 19.6 Å². The predicted octanol–water partition coefficient (Wildman–Crippen LogP) is 2.51. The fraction of sp³-hybridized carbons (Fsp3) is 0.500. The second kappa shape index (κ2) is 7.95. The van der Waals surface area contributed by atoms with Gasteiger partial charge in [-0.3, -0.25) is 4.99 Å². The van der Waals surface area contributed by atoms with E-state index >= 15 is 0 Å². The van der Waals surface area contributed by atoms with E-state index in [9.17, 15) is 0 Å². The van der Waals surface area contributed by atoms with Crippen molar-refractivity contribution in [1.29, 1.82) is 0 Å². The zero-order chi connectivity index (χ0) is 16.8. The first kappa shape index (κ1) is 16.5. The normalized spacial score (nSPS) is 21.5. The van der Waals surface area contributed by atoms with Gasteiger partial charge in [0.15, 0.2) is 5.96 Å². The number of hydrogen-bond acceptors (Lipinski definition) is 3. The highest BCUT2D eigenvalue weighted by molar-refractivity contribution is 5.79. The van der Waals surface area contributed by atoms with Gasteiger partial charge in [-0.1, -0.05) is 19.1 Å². The molecule has 3 rings (SSSR count). The molecule has 1 heterocycles. The second-order valence-electron chi connectivity index (χ2n) is 6.53. The number of aliphatic imine (C=N–C) groups is 1. The first-order valence-electron chi connectivity index (χ1n) is 8.65. The lowest BCUT2D eigenvalue weighted by Gasteiger charge is -2.28. The molecule has 0 atom stereocenters. The molecule has 0 saturated heterocycles. The molecule has 0 amide bonds. The van der Waals surface area contributed by atoms with Crippen molar-refractivity contribution in [1.82, 2.24) is 25.4 Å². The number of nitrogens with one attached hydrogen (secondary N) is 2. The van der Waals surface area contributed by atoms with Crippen LogP contribution in [0.3, 0.4) is 0 Å². The van der Waals surface area contributed by atoms with Crippen molar-refractivity contribution in [2.24, 2.45) is 10.9 Å². The summed E-state index contributed by atoms with van der Waals surface area (Å²) >= 11 is 0. The number of aromatic nitrogens is 3. The molecule has 1 aliphatic rings. The molecule has 0 unspecified atom stereocenters. The van der Waals surface area contributed by atoms with Gasteiger partial charge in [0.05, 0.1) is 5.69 Å². The topological polar surface area (TPSA) is 67.1 Å². The Labute approximate surface area is 143 Å². The van der Waals surface area contributed by atoms with Crippen molar-refractivity contribution in [2.45, 2.75) is 45.2 Å². The second-order valence-corrected chi connectivity index (χ2v) is 6.53. The maximum absolute atomic E-state index is 4.35. The van der Waals surface area contributed by atoms with Crippen molar-refractivity contribution in [2.75, 3.05) is 7.05 Å². The largest absolute Gasteiger partial charge is 0.354 e. The molecule has 0 radical (unpaired) electrons. The minimum atomic E-state index is 0.544. The highest BCUT2D eigenvalue weighted by Gasteiger charge is 2.18. The molecule has 0 aliphatic heterocycles. The zero-order valence-electron chi connectivity index (χ0n) is 14.4. The Morgan fingerprint density at radius 3 is 2.58 bits per heavy atom. The standard InChI is InChI=1S/C18H26N6/c1-14-3-7-16(8-4-14)23-18(19-2)21-11-15-5-9-17(10-6-15)24-13-20-12-22-24/h5-6,9-10,12-14,16H,3-4,7-8,11H2,1-2H3,(H2,19,21,23). The van der Waals surface area contributed by atoms with Gasteiger partial charge in [-0.2, -0.15) is 5.10 Å². The third-order valence-electron chi connectivity index (χ3n) is 4.66. The van der Waals surface area contributed by atoms with Gasteiger partial charge in [-0.05, 0) is 49.3 Å². The third kappa shape index (κ3) is 4.34. The molecule has 1 aromatic carbocycles. The van der Waals surface area contributed by atoms with E-state index in [-0.39, 0.29) is 0 Å². The van der Waals surface area contributed by atoms with Crippen molar-refractivity contribution < 1.29 is 0 Å². The first-order valence-corrected chi connectivity index (χ1v) is 8.65. The fourth-order valence-electron chi connectivity index (χ4n) is 3.09. The van der Waals surface area contributed by atoms with E-state index < -0.39 is 0 Å². The van der Waals surface area contributed by atoms with Gasteiger partial charge in [-0.25, -0.2) is 9.67 Å². The molecule has 0 spiro atoms. The number of guanidine groups is 1. The van der Waals surface area contributed by atoms with Gasteiger partial charge in [0.2, 0.25) is 0 Å². The molecule has 24 heavy (non-hydrogen) atoms.